The molecule has 0 aliphatic heterocycles. The molecule has 0 fully saturated rings. The molecule has 0 aromatic heterocycles. The van der Waals surface area contributed by atoms with Gasteiger partial charge in [0.25, 0.3) is 0 Å². The van der Waals surface area contributed by atoms with E-state index >= 15 is 0 Å². The maximum absolute atomic E-state index is 12.7. The lowest BCUT2D eigenvalue weighted by atomic mass is 9.82. The molecule has 0 radical (unpaired) electrons. The fraction of sp³-hybridized carbons (Fsp3) is 0.500. The largest absolute Gasteiger partial charge is 0.416 e. The minimum atomic E-state index is -4.32. The monoisotopic (exact) mass is 233 g/mol. The van der Waals surface area contributed by atoms with Crippen LogP contribution in [0.15, 0.2) is 24.3 Å². The van der Waals surface area contributed by atoms with E-state index in [1.165, 1.54) is 12.1 Å². The van der Waals surface area contributed by atoms with Crippen LogP contribution in [0, 0.1) is 0 Å². The van der Waals surface area contributed by atoms with Gasteiger partial charge in [-0.1, -0.05) is 39.5 Å². The van der Waals surface area contributed by atoms with Gasteiger partial charge in [-0.15, -0.1) is 0 Å². The molecule has 0 heterocycles. The lowest BCUT2D eigenvalue weighted by Gasteiger charge is -2.26. The number of hydrogen-bond acceptors (Lipinski definition) is 1. The van der Waals surface area contributed by atoms with Gasteiger partial charge in [-0.2, -0.15) is 13.2 Å². The van der Waals surface area contributed by atoms with E-state index in [1.54, 1.807) is 19.9 Å². The van der Waals surface area contributed by atoms with Crippen molar-refractivity contribution in [2.24, 2.45) is 5.73 Å². The summed E-state index contributed by atoms with van der Waals surface area (Å²) in [6, 6.07) is 5.56. The first-order chi connectivity index (χ1) is 6.79. The fourth-order valence-electron chi connectivity index (χ4n) is 1.43. The molecular weight excluding hydrogens is 215 g/mol. The van der Waals surface area contributed by atoms with E-state index in [4.69, 9.17) is 5.73 Å². The van der Waals surface area contributed by atoms with Crippen molar-refractivity contribution in [2.45, 2.75) is 32.9 Å². The molecule has 0 unspecified atom stereocenters. The lowest BCUT2D eigenvalue weighted by Crippen LogP contribution is -2.30. The zero-order valence-corrected chi connectivity index (χ0v) is 8.73. The molecule has 16 heavy (non-hydrogen) atoms. The predicted molar refractivity (Wildman–Crippen MR) is 60.3 cm³/mol. The Bertz CT molecular complexity index is 342. The van der Waals surface area contributed by atoms with Crippen molar-refractivity contribution in [1.82, 2.24) is 0 Å². The summed E-state index contributed by atoms with van der Waals surface area (Å²) < 4.78 is 38.0. The Morgan fingerprint density at radius 3 is 1.88 bits per heavy atom. The van der Waals surface area contributed by atoms with E-state index in [1.807, 2.05) is 0 Å². The second kappa shape index (κ2) is 4.87. The summed E-state index contributed by atoms with van der Waals surface area (Å²) in [5.41, 5.74) is 4.48. The number of rotatable bonds is 2. The van der Waals surface area contributed by atoms with Crippen molar-refractivity contribution in [2.75, 3.05) is 6.54 Å². The molecule has 4 heteroatoms. The fourth-order valence-corrected chi connectivity index (χ4v) is 1.43. The highest BCUT2D eigenvalue weighted by atomic mass is 19.4. The smallest absolute Gasteiger partial charge is 0.330 e. The normalized spacial score (nSPS) is 12.1. The van der Waals surface area contributed by atoms with Crippen LogP contribution in [0.3, 0.4) is 0 Å². The molecule has 1 nitrogen and oxygen atoms in total. The van der Waals surface area contributed by atoms with Crippen molar-refractivity contribution in [3.63, 3.8) is 0 Å². The maximum Gasteiger partial charge on any atom is 0.416 e. The standard InChI is InChI=1S/C11H14F3N.CH4/c1-10(2,7-15)8-5-3-4-6-9(8)11(12,13)14;/h3-6H,7,15H2,1-2H3;1H4. The quantitative estimate of drug-likeness (QED) is 0.830. The molecule has 0 saturated carbocycles. The van der Waals surface area contributed by atoms with E-state index in [2.05, 4.69) is 0 Å². The van der Waals surface area contributed by atoms with E-state index in [-0.39, 0.29) is 19.5 Å². The van der Waals surface area contributed by atoms with Gasteiger partial charge in [0, 0.05) is 12.0 Å². The third-order valence-electron chi connectivity index (χ3n) is 2.47. The van der Waals surface area contributed by atoms with Gasteiger partial charge in [-0.3, -0.25) is 0 Å². The van der Waals surface area contributed by atoms with Gasteiger partial charge in [0.15, 0.2) is 0 Å². The third-order valence-corrected chi connectivity index (χ3v) is 2.47. The van der Waals surface area contributed by atoms with Crippen molar-refractivity contribution in [3.8, 4) is 0 Å². The van der Waals surface area contributed by atoms with Crippen LogP contribution in [0.5, 0.6) is 0 Å². The van der Waals surface area contributed by atoms with Crippen LogP contribution >= 0.6 is 0 Å². The Balaban J connectivity index is 0.00000225. The summed E-state index contributed by atoms with van der Waals surface area (Å²) in [5, 5.41) is 0. The summed E-state index contributed by atoms with van der Waals surface area (Å²) in [6.07, 6.45) is -4.32. The molecule has 0 aliphatic rings. The lowest BCUT2D eigenvalue weighted by molar-refractivity contribution is -0.138. The Labute approximate surface area is 94.5 Å². The Morgan fingerprint density at radius 2 is 1.50 bits per heavy atom. The molecule has 0 atom stereocenters. The summed E-state index contributed by atoms with van der Waals surface area (Å²) in [4.78, 5) is 0. The highest BCUT2D eigenvalue weighted by molar-refractivity contribution is 5.35. The second-order valence-corrected chi connectivity index (χ2v) is 4.13. The van der Waals surface area contributed by atoms with Gasteiger partial charge < -0.3 is 5.73 Å². The molecule has 1 aromatic carbocycles. The Morgan fingerprint density at radius 1 is 1.06 bits per heavy atom. The molecule has 0 spiro atoms. The van der Waals surface area contributed by atoms with Crippen LogP contribution in [0.2, 0.25) is 0 Å². The first kappa shape index (κ1) is 15.0. The minimum Gasteiger partial charge on any atom is -0.330 e. The maximum atomic E-state index is 12.7. The van der Waals surface area contributed by atoms with Gasteiger partial charge >= 0.3 is 6.18 Å². The molecule has 1 aromatic rings. The first-order valence-electron chi connectivity index (χ1n) is 4.66. The Hall–Kier alpha value is -1.03. The third kappa shape index (κ3) is 2.98. The van der Waals surface area contributed by atoms with E-state index in [0.29, 0.717) is 0 Å². The summed E-state index contributed by atoms with van der Waals surface area (Å²) in [5.74, 6) is 0. The van der Waals surface area contributed by atoms with Crippen LogP contribution in [0.1, 0.15) is 32.4 Å². The highest BCUT2D eigenvalue weighted by Crippen LogP contribution is 2.36. The van der Waals surface area contributed by atoms with Crippen molar-refractivity contribution in [1.29, 1.82) is 0 Å². The average Bonchev–Trinajstić information content (AvgIpc) is 2.16. The van der Waals surface area contributed by atoms with E-state index in [9.17, 15) is 13.2 Å². The first-order valence-corrected chi connectivity index (χ1v) is 4.66. The van der Waals surface area contributed by atoms with Gasteiger partial charge in [0.05, 0.1) is 5.56 Å². The van der Waals surface area contributed by atoms with Gasteiger partial charge in [-0.25, -0.2) is 0 Å². The van der Waals surface area contributed by atoms with Crippen LogP contribution in [-0.2, 0) is 11.6 Å². The van der Waals surface area contributed by atoms with Crippen LogP contribution in [0.4, 0.5) is 13.2 Å². The predicted octanol–water partition coefficient (Wildman–Crippen LogP) is 3.58. The topological polar surface area (TPSA) is 26.0 Å². The average molecular weight is 233 g/mol. The summed E-state index contributed by atoms with van der Waals surface area (Å²) >= 11 is 0. The minimum absolute atomic E-state index is 0. The molecule has 0 amide bonds. The molecule has 92 valence electrons. The zero-order chi connectivity index (χ0) is 11.7. The van der Waals surface area contributed by atoms with Gasteiger partial charge in [0.1, 0.15) is 0 Å². The molecule has 0 bridgehead atoms. The van der Waals surface area contributed by atoms with Crippen LogP contribution in [0.25, 0.3) is 0 Å². The molecule has 0 saturated heterocycles. The number of hydrogen-bond donors (Lipinski definition) is 1. The van der Waals surface area contributed by atoms with Crippen molar-refractivity contribution < 1.29 is 13.2 Å². The SMILES string of the molecule is C.CC(C)(CN)c1ccccc1C(F)(F)F. The number of halogens is 3. The van der Waals surface area contributed by atoms with Crippen LogP contribution < -0.4 is 5.73 Å². The number of nitrogens with two attached hydrogens (primary N) is 1. The number of alkyl halides is 3. The summed E-state index contributed by atoms with van der Waals surface area (Å²) in [6.45, 7) is 3.59. The highest BCUT2D eigenvalue weighted by Gasteiger charge is 2.36. The summed E-state index contributed by atoms with van der Waals surface area (Å²) in [7, 11) is 0. The zero-order valence-electron chi connectivity index (χ0n) is 8.73. The van der Waals surface area contributed by atoms with Gasteiger partial charge in [-0.05, 0) is 11.6 Å². The molecule has 0 aliphatic carbocycles. The van der Waals surface area contributed by atoms with Crippen molar-refractivity contribution >= 4 is 0 Å². The molecular formula is C12H18F3N. The number of benzene rings is 1. The second-order valence-electron chi connectivity index (χ2n) is 4.13. The van der Waals surface area contributed by atoms with E-state index in [0.717, 1.165) is 6.07 Å². The Kier molecular flexibility index (Phi) is 4.56. The van der Waals surface area contributed by atoms with Gasteiger partial charge in [0.2, 0.25) is 0 Å². The molecule has 2 N–H and O–H groups in total. The van der Waals surface area contributed by atoms with E-state index < -0.39 is 17.2 Å². The van der Waals surface area contributed by atoms with Crippen molar-refractivity contribution in [3.05, 3.63) is 35.4 Å². The van der Waals surface area contributed by atoms with Crippen LogP contribution in [-0.4, -0.2) is 6.54 Å². The molecule has 1 rings (SSSR count).